The molecule has 3 amide bonds. The quantitative estimate of drug-likeness (QED) is 0.459. The molecule has 4 heterocycles. The van der Waals surface area contributed by atoms with Gasteiger partial charge >= 0.3 is 12.2 Å². The predicted molar refractivity (Wildman–Crippen MR) is 150 cm³/mol. The van der Waals surface area contributed by atoms with Gasteiger partial charge in [-0.1, -0.05) is 0 Å². The molecule has 12 nitrogen and oxygen atoms in total. The highest BCUT2D eigenvalue weighted by atomic mass is 127. The minimum atomic E-state index is -0.969. The Hall–Kier alpha value is -2.78. The Labute approximate surface area is 240 Å². The van der Waals surface area contributed by atoms with Gasteiger partial charge in [0.2, 0.25) is 5.95 Å². The summed E-state index contributed by atoms with van der Waals surface area (Å²) >= 11 is 2.10. The van der Waals surface area contributed by atoms with E-state index in [2.05, 4.69) is 42.9 Å². The second-order valence-corrected chi connectivity index (χ2v) is 12.4. The monoisotopic (exact) mass is 655 g/mol. The smallest absolute Gasteiger partial charge is 0.427 e. The molecule has 0 spiro atoms. The number of hydrogen-bond donors (Lipinski definition) is 2. The van der Waals surface area contributed by atoms with Crippen LogP contribution in [0.3, 0.4) is 0 Å². The molecule has 2 aromatic heterocycles. The molecule has 0 bridgehead atoms. The van der Waals surface area contributed by atoms with E-state index in [0.29, 0.717) is 58.2 Å². The molecule has 0 radical (unpaired) electrons. The van der Waals surface area contributed by atoms with E-state index in [-0.39, 0.29) is 23.9 Å². The van der Waals surface area contributed by atoms with Gasteiger partial charge in [-0.05, 0) is 76.6 Å². The van der Waals surface area contributed by atoms with Crippen molar-refractivity contribution in [1.29, 1.82) is 0 Å². The van der Waals surface area contributed by atoms with Crippen molar-refractivity contribution in [2.24, 2.45) is 0 Å². The molecule has 1 saturated heterocycles. The van der Waals surface area contributed by atoms with Gasteiger partial charge in [0, 0.05) is 24.4 Å². The van der Waals surface area contributed by atoms with Crippen molar-refractivity contribution < 1.29 is 33.3 Å². The van der Waals surface area contributed by atoms with Gasteiger partial charge in [-0.15, -0.1) is 4.90 Å². The van der Waals surface area contributed by atoms with E-state index >= 15 is 0 Å². The summed E-state index contributed by atoms with van der Waals surface area (Å²) in [5.41, 5.74) is 0.523. The number of hydrogen-bond acceptors (Lipinski definition) is 9. The zero-order valence-electron chi connectivity index (χ0n) is 22.9. The number of H-pyrrole nitrogens is 1. The Kier molecular flexibility index (Phi) is 8.52. The molecule has 1 fully saturated rings. The first kappa shape index (κ1) is 29.2. The fourth-order valence-electron chi connectivity index (χ4n) is 4.25. The Bertz CT molecular complexity index is 1220. The van der Waals surface area contributed by atoms with Crippen LogP contribution in [0.2, 0.25) is 0 Å². The molecule has 2 atom stereocenters. The van der Waals surface area contributed by atoms with Crippen LogP contribution in [0.25, 0.3) is 11.4 Å². The fraction of sp³-hybridized carbons (Fsp3) is 0.577. The number of aromatic nitrogens is 3. The number of carbonyl (C=O) groups excluding carboxylic acids is 3. The van der Waals surface area contributed by atoms with Crippen LogP contribution >= 0.6 is 22.6 Å². The summed E-state index contributed by atoms with van der Waals surface area (Å²) in [5.74, 6) is -0.423. The van der Waals surface area contributed by atoms with E-state index in [1.165, 1.54) is 6.20 Å². The zero-order chi connectivity index (χ0) is 28.5. The third kappa shape index (κ3) is 7.06. The molecule has 2 aromatic rings. The number of rotatable bonds is 4. The van der Waals surface area contributed by atoms with Crippen molar-refractivity contribution in [2.45, 2.75) is 71.2 Å². The Morgan fingerprint density at radius 1 is 1.13 bits per heavy atom. The van der Waals surface area contributed by atoms with Crippen LogP contribution in [0.4, 0.5) is 15.5 Å². The first-order valence-corrected chi connectivity index (χ1v) is 13.8. The van der Waals surface area contributed by atoms with Crippen LogP contribution in [0, 0.1) is 3.57 Å². The van der Waals surface area contributed by atoms with Gasteiger partial charge in [0.15, 0.2) is 0 Å². The number of fused-ring (bicyclic) bond motifs is 1. The van der Waals surface area contributed by atoms with Gasteiger partial charge in [0.1, 0.15) is 11.2 Å². The summed E-state index contributed by atoms with van der Waals surface area (Å²) in [6, 6.07) is 1.64. The number of anilines is 1. The molecule has 2 aliphatic heterocycles. The standard InChI is InChI=1S/C26H34IN5O7/c1-25(2,3)38-23(34)32(24(35)39-26(4,5)6)22-28-8-7-16(30-22)20-18(27)17-19(31-20)14(12-29-21(17)33)11-15-13-36-9-10-37-15/h7-8,14-15,31H,9-13H2,1-6H3,(H,29,33). The van der Waals surface area contributed by atoms with Crippen molar-refractivity contribution in [2.75, 3.05) is 31.3 Å². The number of nitrogens with one attached hydrogen (secondary N) is 2. The molecule has 0 saturated carbocycles. The van der Waals surface area contributed by atoms with Gasteiger partial charge in [-0.3, -0.25) is 4.79 Å². The molecule has 0 aliphatic carbocycles. The minimum absolute atomic E-state index is 0.0204. The van der Waals surface area contributed by atoms with Gasteiger partial charge in [-0.2, -0.15) is 0 Å². The maximum Gasteiger partial charge on any atom is 0.427 e. The topological polar surface area (TPSA) is 145 Å². The number of nitrogens with zero attached hydrogens (tertiary/aromatic N) is 3. The predicted octanol–water partition coefficient (Wildman–Crippen LogP) is 4.39. The number of ether oxygens (including phenoxy) is 4. The molecule has 2 N–H and O–H groups in total. The lowest BCUT2D eigenvalue weighted by atomic mass is 9.92. The van der Waals surface area contributed by atoms with Crippen molar-refractivity contribution in [3.8, 4) is 11.4 Å². The van der Waals surface area contributed by atoms with Gasteiger partial charge in [0.25, 0.3) is 5.91 Å². The lowest BCUT2D eigenvalue weighted by Gasteiger charge is -2.29. The first-order valence-electron chi connectivity index (χ1n) is 12.7. The van der Waals surface area contributed by atoms with Crippen LogP contribution in [0.5, 0.6) is 0 Å². The van der Waals surface area contributed by atoms with E-state index in [0.717, 1.165) is 5.69 Å². The molecular weight excluding hydrogens is 621 g/mol. The highest BCUT2D eigenvalue weighted by Gasteiger charge is 2.36. The number of amides is 3. The van der Waals surface area contributed by atoms with Gasteiger partial charge in [-0.25, -0.2) is 19.6 Å². The normalized spacial score (nSPS) is 19.6. The third-order valence-electron chi connectivity index (χ3n) is 5.80. The second-order valence-electron chi connectivity index (χ2n) is 11.4. The molecule has 212 valence electrons. The summed E-state index contributed by atoms with van der Waals surface area (Å²) in [4.78, 5) is 51.7. The van der Waals surface area contributed by atoms with Crippen molar-refractivity contribution >= 4 is 46.6 Å². The van der Waals surface area contributed by atoms with Crippen molar-refractivity contribution in [3.05, 3.63) is 27.1 Å². The number of carbonyl (C=O) groups is 3. The molecule has 0 aromatic carbocycles. The minimum Gasteiger partial charge on any atom is -0.443 e. The Balaban J connectivity index is 1.70. The molecule has 2 aliphatic rings. The average molecular weight is 655 g/mol. The zero-order valence-corrected chi connectivity index (χ0v) is 25.1. The maximum absolute atomic E-state index is 13.1. The van der Waals surface area contributed by atoms with E-state index in [1.807, 2.05) is 0 Å². The summed E-state index contributed by atoms with van der Waals surface area (Å²) in [7, 11) is 0. The van der Waals surface area contributed by atoms with Crippen LogP contribution in [0.15, 0.2) is 12.3 Å². The van der Waals surface area contributed by atoms with Crippen molar-refractivity contribution in [1.82, 2.24) is 20.3 Å². The summed E-state index contributed by atoms with van der Waals surface area (Å²) in [5, 5.41) is 2.96. The van der Waals surface area contributed by atoms with Crippen LogP contribution in [-0.4, -0.2) is 76.7 Å². The largest absolute Gasteiger partial charge is 0.443 e. The maximum atomic E-state index is 13.1. The van der Waals surface area contributed by atoms with E-state index < -0.39 is 23.4 Å². The molecule has 39 heavy (non-hydrogen) atoms. The van der Waals surface area contributed by atoms with E-state index in [1.54, 1.807) is 47.6 Å². The number of aromatic amines is 1. The van der Waals surface area contributed by atoms with E-state index in [9.17, 15) is 14.4 Å². The lowest BCUT2D eigenvalue weighted by molar-refractivity contribution is -0.0928. The summed E-state index contributed by atoms with van der Waals surface area (Å²) in [6.07, 6.45) is 0.0913. The number of imide groups is 1. The molecular formula is C26H34IN5O7. The highest BCUT2D eigenvalue weighted by molar-refractivity contribution is 14.1. The van der Waals surface area contributed by atoms with Crippen LogP contribution in [0.1, 0.15) is 69.9 Å². The van der Waals surface area contributed by atoms with Crippen molar-refractivity contribution in [3.63, 3.8) is 0 Å². The molecule has 4 rings (SSSR count). The number of halogens is 1. The third-order valence-corrected chi connectivity index (χ3v) is 6.87. The van der Waals surface area contributed by atoms with Crippen LogP contribution < -0.4 is 10.2 Å². The molecule has 2 unspecified atom stereocenters. The first-order chi connectivity index (χ1) is 18.2. The highest BCUT2D eigenvalue weighted by Crippen LogP contribution is 2.37. The summed E-state index contributed by atoms with van der Waals surface area (Å²) < 4.78 is 22.9. The Morgan fingerprint density at radius 2 is 1.79 bits per heavy atom. The van der Waals surface area contributed by atoms with Gasteiger partial charge < -0.3 is 29.2 Å². The molecule has 13 heteroatoms. The van der Waals surface area contributed by atoms with Crippen LogP contribution in [-0.2, 0) is 18.9 Å². The Morgan fingerprint density at radius 3 is 2.38 bits per heavy atom. The van der Waals surface area contributed by atoms with E-state index in [4.69, 9.17) is 18.9 Å². The summed E-state index contributed by atoms with van der Waals surface area (Å²) in [6.45, 7) is 12.2. The second kappa shape index (κ2) is 11.4. The SMILES string of the molecule is CC(C)(C)OC(=O)N(C(=O)OC(C)(C)C)c1nccc(-c2[nH]c3c(c2I)C(=O)NCC3CC2COCCO2)n1. The van der Waals surface area contributed by atoms with Gasteiger partial charge in [0.05, 0.1) is 46.4 Å². The average Bonchev–Trinajstić information content (AvgIpc) is 3.18. The lowest BCUT2D eigenvalue weighted by Crippen LogP contribution is -2.44. The fourth-order valence-corrected chi connectivity index (χ4v) is 5.19.